The lowest BCUT2D eigenvalue weighted by Crippen LogP contribution is -2.71. The molecule has 1 heterocycles. The van der Waals surface area contributed by atoms with Crippen LogP contribution in [0.3, 0.4) is 0 Å². The van der Waals surface area contributed by atoms with E-state index in [1.807, 2.05) is 93.6 Å². The molecule has 1 aliphatic heterocycles. The largest absolute Gasteiger partial charge is 0.349 e. The van der Waals surface area contributed by atoms with Crippen molar-refractivity contribution in [1.82, 2.24) is 5.32 Å². The third-order valence-electron chi connectivity index (χ3n) is 5.36. The standard InChI is InChI=1S/C27H25ClN2O2/c1-26(2,3)29-25(32)27(20-14-16-21(28)17-15-20)23(18-19-10-6-4-7-11-19)24(31)30(27)22-12-8-5-9-13-22/h4-18H,1-3H3,(H,29,32)/b23-18-/t27-/m1/s1. The van der Waals surface area contributed by atoms with E-state index in [1.165, 1.54) is 0 Å². The van der Waals surface area contributed by atoms with Gasteiger partial charge >= 0.3 is 0 Å². The minimum atomic E-state index is -1.33. The first-order valence-corrected chi connectivity index (χ1v) is 10.9. The zero-order valence-corrected chi connectivity index (χ0v) is 19.1. The Morgan fingerprint density at radius 2 is 1.47 bits per heavy atom. The molecule has 0 spiro atoms. The summed E-state index contributed by atoms with van der Waals surface area (Å²) >= 11 is 6.16. The maximum Gasteiger partial charge on any atom is 0.259 e. The van der Waals surface area contributed by atoms with Crippen LogP contribution in [0.5, 0.6) is 0 Å². The number of para-hydroxylation sites is 1. The Balaban J connectivity index is 1.99. The molecule has 0 bridgehead atoms. The summed E-state index contributed by atoms with van der Waals surface area (Å²) in [6.07, 6.45) is 1.80. The number of carbonyl (C=O) groups excluding carboxylic acids is 2. The molecule has 2 amide bonds. The second-order valence-electron chi connectivity index (χ2n) is 8.87. The van der Waals surface area contributed by atoms with E-state index < -0.39 is 11.1 Å². The van der Waals surface area contributed by atoms with Gasteiger partial charge in [0, 0.05) is 16.2 Å². The Hall–Kier alpha value is -3.37. The van der Waals surface area contributed by atoms with Crippen molar-refractivity contribution in [3.63, 3.8) is 0 Å². The lowest BCUT2D eigenvalue weighted by Gasteiger charge is -2.53. The molecular weight excluding hydrogens is 420 g/mol. The monoisotopic (exact) mass is 444 g/mol. The Labute approximate surface area is 193 Å². The summed E-state index contributed by atoms with van der Waals surface area (Å²) in [7, 11) is 0. The van der Waals surface area contributed by atoms with Gasteiger partial charge in [0.1, 0.15) is 0 Å². The lowest BCUT2D eigenvalue weighted by molar-refractivity contribution is -0.135. The van der Waals surface area contributed by atoms with Gasteiger partial charge in [-0.3, -0.25) is 14.5 Å². The fourth-order valence-corrected chi connectivity index (χ4v) is 4.15. The van der Waals surface area contributed by atoms with Crippen LogP contribution in [0.2, 0.25) is 5.02 Å². The molecule has 1 atom stereocenters. The third-order valence-corrected chi connectivity index (χ3v) is 5.61. The molecule has 0 aliphatic carbocycles. The van der Waals surface area contributed by atoms with Crippen LogP contribution in [0.4, 0.5) is 5.69 Å². The first-order valence-electron chi connectivity index (χ1n) is 10.5. The van der Waals surface area contributed by atoms with Crippen molar-refractivity contribution in [1.29, 1.82) is 0 Å². The van der Waals surface area contributed by atoms with Gasteiger partial charge in [-0.25, -0.2) is 0 Å². The molecule has 4 nitrogen and oxygen atoms in total. The summed E-state index contributed by atoms with van der Waals surface area (Å²) < 4.78 is 0. The Kier molecular flexibility index (Phi) is 5.66. The second-order valence-corrected chi connectivity index (χ2v) is 9.30. The molecule has 4 rings (SSSR count). The summed E-state index contributed by atoms with van der Waals surface area (Å²) in [5, 5.41) is 3.67. The molecule has 0 aromatic heterocycles. The van der Waals surface area contributed by atoms with Crippen LogP contribution in [0.1, 0.15) is 31.9 Å². The number of hydrogen-bond donors (Lipinski definition) is 1. The molecular formula is C27H25ClN2O2. The minimum absolute atomic E-state index is 0.209. The second kappa shape index (κ2) is 8.29. The predicted octanol–water partition coefficient (Wildman–Crippen LogP) is 5.58. The first kappa shape index (κ1) is 21.8. The van der Waals surface area contributed by atoms with Crippen LogP contribution in [-0.4, -0.2) is 17.4 Å². The molecule has 162 valence electrons. The molecule has 5 heteroatoms. The lowest BCUT2D eigenvalue weighted by atomic mass is 9.70. The van der Waals surface area contributed by atoms with E-state index >= 15 is 0 Å². The number of nitrogens with one attached hydrogen (secondary N) is 1. The van der Waals surface area contributed by atoms with Gasteiger partial charge < -0.3 is 5.32 Å². The maximum atomic E-state index is 14.0. The van der Waals surface area contributed by atoms with Gasteiger partial charge in [-0.2, -0.15) is 0 Å². The normalized spacial score (nSPS) is 19.6. The number of benzene rings is 3. The summed E-state index contributed by atoms with van der Waals surface area (Å²) in [6, 6.07) is 26.0. The molecule has 0 radical (unpaired) electrons. The van der Waals surface area contributed by atoms with Gasteiger partial charge in [0.25, 0.3) is 11.8 Å². The van der Waals surface area contributed by atoms with Crippen molar-refractivity contribution in [2.75, 3.05) is 4.90 Å². The fourth-order valence-electron chi connectivity index (χ4n) is 4.03. The first-order chi connectivity index (χ1) is 15.2. The molecule has 1 N–H and O–H groups in total. The molecule has 3 aromatic carbocycles. The number of halogens is 1. The number of anilines is 1. The number of amides is 2. The van der Waals surface area contributed by atoms with Crippen molar-refractivity contribution < 1.29 is 9.59 Å². The number of carbonyl (C=O) groups is 2. The van der Waals surface area contributed by atoms with Crippen molar-refractivity contribution in [2.24, 2.45) is 0 Å². The van der Waals surface area contributed by atoms with Crippen LogP contribution in [0.25, 0.3) is 6.08 Å². The van der Waals surface area contributed by atoms with Crippen LogP contribution < -0.4 is 10.2 Å². The molecule has 32 heavy (non-hydrogen) atoms. The Morgan fingerprint density at radius 3 is 2.03 bits per heavy atom. The number of nitrogens with zero attached hydrogens (tertiary/aromatic N) is 1. The van der Waals surface area contributed by atoms with Crippen molar-refractivity contribution in [3.05, 3.63) is 107 Å². The maximum absolute atomic E-state index is 14.0. The minimum Gasteiger partial charge on any atom is -0.349 e. The van der Waals surface area contributed by atoms with E-state index in [2.05, 4.69) is 5.32 Å². The highest BCUT2D eigenvalue weighted by molar-refractivity contribution is 6.31. The number of rotatable bonds is 4. The Bertz CT molecular complexity index is 1170. The number of hydrogen-bond acceptors (Lipinski definition) is 2. The summed E-state index contributed by atoms with van der Waals surface area (Å²) in [5.41, 5.74) is 0.778. The van der Waals surface area contributed by atoms with Crippen molar-refractivity contribution in [3.8, 4) is 0 Å². The third kappa shape index (κ3) is 3.82. The van der Waals surface area contributed by atoms with E-state index in [-0.39, 0.29) is 11.8 Å². The molecule has 0 saturated carbocycles. The zero-order valence-electron chi connectivity index (χ0n) is 18.3. The average molecular weight is 445 g/mol. The molecule has 1 aliphatic rings. The summed E-state index contributed by atoms with van der Waals surface area (Å²) in [6.45, 7) is 5.77. The Morgan fingerprint density at radius 1 is 0.906 bits per heavy atom. The van der Waals surface area contributed by atoms with E-state index in [1.54, 1.807) is 23.1 Å². The smallest absolute Gasteiger partial charge is 0.259 e. The van der Waals surface area contributed by atoms with Crippen LogP contribution in [0, 0.1) is 0 Å². The van der Waals surface area contributed by atoms with Gasteiger partial charge in [0.05, 0.1) is 5.57 Å². The van der Waals surface area contributed by atoms with Crippen molar-refractivity contribution >= 4 is 35.2 Å². The summed E-state index contributed by atoms with van der Waals surface area (Å²) in [4.78, 5) is 29.1. The fraction of sp³-hybridized carbons (Fsp3) is 0.185. The highest BCUT2D eigenvalue weighted by Gasteiger charge is 2.63. The van der Waals surface area contributed by atoms with Gasteiger partial charge in [-0.05, 0) is 62.2 Å². The molecule has 0 unspecified atom stereocenters. The SMILES string of the molecule is CC(C)(C)NC(=O)[C@@]1(c2ccc(Cl)cc2)/C(=C\c2ccccc2)C(=O)N1c1ccccc1. The molecule has 3 aromatic rings. The van der Waals surface area contributed by atoms with E-state index in [0.717, 1.165) is 5.56 Å². The zero-order chi connectivity index (χ0) is 22.9. The van der Waals surface area contributed by atoms with Gasteiger partial charge in [0.15, 0.2) is 5.54 Å². The average Bonchev–Trinajstić information content (AvgIpc) is 2.76. The van der Waals surface area contributed by atoms with Gasteiger partial charge in [-0.1, -0.05) is 72.3 Å². The van der Waals surface area contributed by atoms with E-state index in [0.29, 0.717) is 21.8 Å². The van der Waals surface area contributed by atoms with Crippen molar-refractivity contribution in [2.45, 2.75) is 31.8 Å². The highest BCUT2D eigenvalue weighted by atomic mass is 35.5. The topological polar surface area (TPSA) is 49.4 Å². The van der Waals surface area contributed by atoms with Gasteiger partial charge in [-0.15, -0.1) is 0 Å². The molecule has 1 fully saturated rings. The predicted molar refractivity (Wildman–Crippen MR) is 129 cm³/mol. The van der Waals surface area contributed by atoms with Crippen LogP contribution in [0.15, 0.2) is 90.5 Å². The number of β-lactam (4-membered cyclic amide) rings is 1. The van der Waals surface area contributed by atoms with Crippen LogP contribution >= 0.6 is 11.6 Å². The highest BCUT2D eigenvalue weighted by Crippen LogP contribution is 2.50. The van der Waals surface area contributed by atoms with Gasteiger partial charge in [0.2, 0.25) is 0 Å². The summed E-state index contributed by atoms with van der Waals surface area (Å²) in [5.74, 6) is -0.475. The van der Waals surface area contributed by atoms with E-state index in [4.69, 9.17) is 11.6 Å². The molecule has 1 saturated heterocycles. The van der Waals surface area contributed by atoms with Crippen LogP contribution in [-0.2, 0) is 15.1 Å². The van der Waals surface area contributed by atoms with E-state index in [9.17, 15) is 9.59 Å². The quantitative estimate of drug-likeness (QED) is 0.421.